The molecule has 3 unspecified atom stereocenters. The number of carbonyl (C=O) groups excluding carboxylic acids is 2. The molecule has 3 nitrogen and oxygen atoms in total. The van der Waals surface area contributed by atoms with Crippen LogP contribution < -0.4 is 5.73 Å². The van der Waals surface area contributed by atoms with Gasteiger partial charge in [0.25, 0.3) is 0 Å². The van der Waals surface area contributed by atoms with E-state index in [0.717, 1.165) is 19.3 Å². The predicted octanol–water partition coefficient (Wildman–Crippen LogP) is 1.50. The summed E-state index contributed by atoms with van der Waals surface area (Å²) in [5.41, 5.74) is 5.27. The highest BCUT2D eigenvalue weighted by molar-refractivity contribution is 5.99. The lowest BCUT2D eigenvalue weighted by Gasteiger charge is -2.32. The van der Waals surface area contributed by atoms with Gasteiger partial charge < -0.3 is 5.73 Å². The number of amides is 1. The smallest absolute Gasteiger partial charge is 0.228 e. The molecule has 0 bridgehead atoms. The van der Waals surface area contributed by atoms with Gasteiger partial charge in [-0.25, -0.2) is 0 Å². The molecule has 1 fully saturated rings. The summed E-state index contributed by atoms with van der Waals surface area (Å²) < 4.78 is 0. The van der Waals surface area contributed by atoms with Crippen LogP contribution in [-0.2, 0) is 9.59 Å². The number of Topliss-reactive ketones (excluding diaryl/α,β-unsaturated/α-hetero) is 1. The topological polar surface area (TPSA) is 60.2 Å². The van der Waals surface area contributed by atoms with Crippen molar-refractivity contribution in [1.82, 2.24) is 0 Å². The zero-order chi connectivity index (χ0) is 10.7. The average Bonchev–Trinajstić information content (AvgIpc) is 2.07. The maximum absolute atomic E-state index is 11.3. The van der Waals surface area contributed by atoms with Crippen LogP contribution >= 0.6 is 0 Å². The molecule has 80 valence electrons. The van der Waals surface area contributed by atoms with E-state index >= 15 is 0 Å². The lowest BCUT2D eigenvalue weighted by Crippen LogP contribution is -2.39. The highest BCUT2D eigenvalue weighted by Crippen LogP contribution is 2.35. The van der Waals surface area contributed by atoms with E-state index in [9.17, 15) is 9.59 Å². The molecular weight excluding hydrogens is 178 g/mol. The highest BCUT2D eigenvalue weighted by atomic mass is 16.2. The molecule has 0 spiro atoms. The maximum atomic E-state index is 11.3. The summed E-state index contributed by atoms with van der Waals surface area (Å²) >= 11 is 0. The predicted molar refractivity (Wildman–Crippen MR) is 54.5 cm³/mol. The molecule has 0 radical (unpaired) electrons. The van der Waals surface area contributed by atoms with Crippen LogP contribution in [0.3, 0.4) is 0 Å². The third-order valence-corrected chi connectivity index (χ3v) is 3.35. The van der Waals surface area contributed by atoms with Crippen LogP contribution in [0.25, 0.3) is 0 Å². The van der Waals surface area contributed by atoms with E-state index in [2.05, 4.69) is 6.92 Å². The zero-order valence-corrected chi connectivity index (χ0v) is 8.95. The van der Waals surface area contributed by atoms with E-state index in [0.29, 0.717) is 5.92 Å². The first kappa shape index (κ1) is 11.2. The van der Waals surface area contributed by atoms with Crippen molar-refractivity contribution < 1.29 is 9.59 Å². The van der Waals surface area contributed by atoms with E-state index in [1.807, 2.05) is 0 Å². The molecule has 1 aliphatic carbocycles. The van der Waals surface area contributed by atoms with Crippen LogP contribution in [-0.4, -0.2) is 11.7 Å². The van der Waals surface area contributed by atoms with Gasteiger partial charge in [-0.15, -0.1) is 0 Å². The first-order valence-electron chi connectivity index (χ1n) is 5.33. The second kappa shape index (κ2) is 4.58. The van der Waals surface area contributed by atoms with Gasteiger partial charge in [0.1, 0.15) is 5.78 Å². The van der Waals surface area contributed by atoms with Gasteiger partial charge in [-0.1, -0.05) is 26.2 Å². The molecule has 0 heterocycles. The normalized spacial score (nSPS) is 29.6. The van der Waals surface area contributed by atoms with Crippen LogP contribution in [0.2, 0.25) is 0 Å². The minimum Gasteiger partial charge on any atom is -0.369 e. The van der Waals surface area contributed by atoms with E-state index < -0.39 is 11.8 Å². The Labute approximate surface area is 85.0 Å². The number of hydrogen-bond acceptors (Lipinski definition) is 2. The largest absolute Gasteiger partial charge is 0.369 e. The first-order valence-corrected chi connectivity index (χ1v) is 5.33. The molecule has 1 saturated carbocycles. The van der Waals surface area contributed by atoms with Crippen molar-refractivity contribution in [2.75, 3.05) is 0 Å². The lowest BCUT2D eigenvalue weighted by atomic mass is 9.72. The quantitative estimate of drug-likeness (QED) is 0.697. The van der Waals surface area contributed by atoms with E-state index in [1.54, 1.807) is 0 Å². The Bertz CT molecular complexity index is 223. The molecule has 0 aromatic carbocycles. The molecular formula is C11H19NO2. The SMILES string of the molecule is CC(=O)C(C(N)=O)C1CCCCC1C. The van der Waals surface area contributed by atoms with Crippen molar-refractivity contribution in [1.29, 1.82) is 0 Å². The number of ketones is 1. The molecule has 0 aliphatic heterocycles. The van der Waals surface area contributed by atoms with Gasteiger partial charge in [-0.05, 0) is 25.2 Å². The summed E-state index contributed by atoms with van der Waals surface area (Å²) in [6.45, 7) is 3.58. The fourth-order valence-electron chi connectivity index (χ4n) is 2.55. The van der Waals surface area contributed by atoms with Gasteiger partial charge in [0, 0.05) is 0 Å². The summed E-state index contributed by atoms with van der Waals surface area (Å²) in [4.78, 5) is 22.5. The molecule has 3 atom stereocenters. The van der Waals surface area contributed by atoms with Crippen LogP contribution in [0.4, 0.5) is 0 Å². The third-order valence-electron chi connectivity index (χ3n) is 3.35. The molecule has 1 amide bonds. The molecule has 3 heteroatoms. The summed E-state index contributed by atoms with van der Waals surface area (Å²) in [6.07, 6.45) is 4.41. The Balaban J connectivity index is 2.75. The van der Waals surface area contributed by atoms with E-state index in [1.165, 1.54) is 13.3 Å². The van der Waals surface area contributed by atoms with Gasteiger partial charge in [0.2, 0.25) is 5.91 Å². The molecule has 14 heavy (non-hydrogen) atoms. The number of primary amides is 1. The minimum atomic E-state index is -0.551. The van der Waals surface area contributed by atoms with Crippen molar-refractivity contribution in [3.05, 3.63) is 0 Å². The van der Waals surface area contributed by atoms with Crippen LogP contribution in [0.5, 0.6) is 0 Å². The van der Waals surface area contributed by atoms with Crippen molar-refractivity contribution in [3.63, 3.8) is 0 Å². The van der Waals surface area contributed by atoms with Crippen molar-refractivity contribution in [2.24, 2.45) is 23.5 Å². The summed E-state index contributed by atoms with van der Waals surface area (Å²) in [7, 11) is 0. The number of rotatable bonds is 3. The van der Waals surface area contributed by atoms with Crippen molar-refractivity contribution in [3.8, 4) is 0 Å². The molecule has 0 aromatic heterocycles. The Kier molecular flexibility index (Phi) is 3.67. The zero-order valence-electron chi connectivity index (χ0n) is 8.95. The van der Waals surface area contributed by atoms with Gasteiger partial charge in [-0.3, -0.25) is 9.59 Å². The van der Waals surface area contributed by atoms with Gasteiger partial charge in [-0.2, -0.15) is 0 Å². The standard InChI is InChI=1S/C11H19NO2/c1-7-5-3-4-6-9(7)10(8(2)13)11(12)14/h7,9-10H,3-6H2,1-2H3,(H2,12,14). The second-order valence-corrected chi connectivity index (χ2v) is 4.42. The van der Waals surface area contributed by atoms with E-state index in [4.69, 9.17) is 5.73 Å². The van der Waals surface area contributed by atoms with E-state index in [-0.39, 0.29) is 11.7 Å². The molecule has 1 aliphatic rings. The lowest BCUT2D eigenvalue weighted by molar-refractivity contribution is -0.134. The van der Waals surface area contributed by atoms with Crippen molar-refractivity contribution in [2.45, 2.75) is 39.5 Å². The fraction of sp³-hybridized carbons (Fsp3) is 0.818. The third kappa shape index (κ3) is 2.34. The highest BCUT2D eigenvalue weighted by Gasteiger charge is 2.35. The summed E-state index contributed by atoms with van der Waals surface area (Å²) in [5, 5.41) is 0. The molecule has 2 N–H and O–H groups in total. The molecule has 0 aromatic rings. The van der Waals surface area contributed by atoms with Gasteiger partial charge in [0.05, 0.1) is 5.92 Å². The Morgan fingerprint density at radius 3 is 2.29 bits per heavy atom. The first-order chi connectivity index (χ1) is 6.54. The van der Waals surface area contributed by atoms with Gasteiger partial charge >= 0.3 is 0 Å². The Morgan fingerprint density at radius 2 is 1.86 bits per heavy atom. The number of hydrogen-bond donors (Lipinski definition) is 1. The van der Waals surface area contributed by atoms with Crippen LogP contribution in [0.15, 0.2) is 0 Å². The Morgan fingerprint density at radius 1 is 1.29 bits per heavy atom. The maximum Gasteiger partial charge on any atom is 0.228 e. The van der Waals surface area contributed by atoms with Gasteiger partial charge in [0.15, 0.2) is 0 Å². The summed E-state index contributed by atoms with van der Waals surface area (Å²) in [5.74, 6) is -0.443. The van der Waals surface area contributed by atoms with Crippen molar-refractivity contribution >= 4 is 11.7 Å². The summed E-state index contributed by atoms with van der Waals surface area (Å²) in [6, 6.07) is 0. The average molecular weight is 197 g/mol. The second-order valence-electron chi connectivity index (χ2n) is 4.42. The molecule has 0 saturated heterocycles. The Hall–Kier alpha value is -0.860. The van der Waals surface area contributed by atoms with Crippen LogP contribution in [0.1, 0.15) is 39.5 Å². The fourth-order valence-corrected chi connectivity index (χ4v) is 2.55. The number of nitrogens with two attached hydrogens (primary N) is 1. The molecule has 1 rings (SSSR count). The van der Waals surface area contributed by atoms with Crippen LogP contribution in [0, 0.1) is 17.8 Å². The monoisotopic (exact) mass is 197 g/mol. The minimum absolute atomic E-state index is 0.0729. The number of carbonyl (C=O) groups is 2.